The number of nitrogens with zero attached hydrogens (tertiary/aromatic N) is 2. The van der Waals surface area contributed by atoms with Gasteiger partial charge >= 0.3 is 0 Å². The van der Waals surface area contributed by atoms with Gasteiger partial charge in [-0.1, -0.05) is 47.7 Å². The molecule has 5 rings (SSSR count). The molecule has 0 aliphatic rings. The van der Waals surface area contributed by atoms with Crippen LogP contribution in [0.3, 0.4) is 0 Å². The zero-order chi connectivity index (χ0) is 18.4. The number of thiazole rings is 1. The summed E-state index contributed by atoms with van der Waals surface area (Å²) in [5.74, 6) is 0.853. The number of rotatable bonds is 3. The van der Waals surface area contributed by atoms with Crippen molar-refractivity contribution < 1.29 is 4.74 Å². The van der Waals surface area contributed by atoms with Crippen molar-refractivity contribution in [2.24, 2.45) is 0 Å². The highest BCUT2D eigenvalue weighted by Gasteiger charge is 2.19. The zero-order valence-electron chi connectivity index (χ0n) is 15.1. The van der Waals surface area contributed by atoms with Crippen LogP contribution in [0.25, 0.3) is 37.7 Å². The highest BCUT2D eigenvalue weighted by atomic mass is 32.1. The quantitative estimate of drug-likeness (QED) is 0.378. The largest absolute Gasteiger partial charge is 0.497 e. The molecular formula is C23H18N2OS. The number of methoxy groups -OCH3 is 1. The molecule has 2 aromatic heterocycles. The number of aryl methyl sites for hydroxylation is 1. The second-order valence-corrected chi connectivity index (χ2v) is 7.60. The number of imidazole rings is 1. The van der Waals surface area contributed by atoms with Crippen LogP contribution in [0.1, 0.15) is 5.56 Å². The Balaban J connectivity index is 1.86. The summed E-state index contributed by atoms with van der Waals surface area (Å²) in [6, 6.07) is 25.2. The third-order valence-corrected chi connectivity index (χ3v) is 5.82. The lowest BCUT2D eigenvalue weighted by Gasteiger charge is -2.07. The topological polar surface area (TPSA) is 26.5 Å². The summed E-state index contributed by atoms with van der Waals surface area (Å²) in [5.41, 5.74) is 6.84. The third kappa shape index (κ3) is 2.61. The molecule has 0 radical (unpaired) electrons. The molecule has 0 saturated carbocycles. The predicted molar refractivity (Wildman–Crippen MR) is 113 cm³/mol. The van der Waals surface area contributed by atoms with Crippen LogP contribution >= 0.6 is 11.3 Å². The van der Waals surface area contributed by atoms with E-state index in [0.29, 0.717) is 0 Å². The molecule has 0 N–H and O–H groups in total. The summed E-state index contributed by atoms with van der Waals surface area (Å²) < 4.78 is 8.87. The van der Waals surface area contributed by atoms with E-state index in [1.165, 1.54) is 15.8 Å². The van der Waals surface area contributed by atoms with Crippen LogP contribution in [0.4, 0.5) is 0 Å². The average Bonchev–Trinajstić information content (AvgIpc) is 3.24. The summed E-state index contributed by atoms with van der Waals surface area (Å²) >= 11 is 1.73. The molecular weight excluding hydrogens is 352 g/mol. The third-order valence-electron chi connectivity index (χ3n) is 4.81. The molecule has 0 aliphatic carbocycles. The molecule has 0 unspecified atom stereocenters. The Kier molecular flexibility index (Phi) is 3.73. The van der Waals surface area contributed by atoms with E-state index in [2.05, 4.69) is 65.9 Å². The van der Waals surface area contributed by atoms with E-state index in [-0.39, 0.29) is 0 Å². The molecule has 27 heavy (non-hydrogen) atoms. The van der Waals surface area contributed by atoms with Gasteiger partial charge in [-0.2, -0.15) is 0 Å². The van der Waals surface area contributed by atoms with Gasteiger partial charge in [0.25, 0.3) is 0 Å². The molecule has 2 heterocycles. The Morgan fingerprint density at radius 1 is 0.889 bits per heavy atom. The van der Waals surface area contributed by atoms with Gasteiger partial charge in [-0.3, -0.25) is 4.40 Å². The SMILES string of the molecule is COc1ccc(-c2c(-c3ccccc3)nc3sc4cc(C)ccc4n23)cc1. The van der Waals surface area contributed by atoms with E-state index in [1.807, 2.05) is 18.2 Å². The molecule has 0 amide bonds. The first-order chi connectivity index (χ1) is 13.2. The fraction of sp³-hybridized carbons (Fsp3) is 0.0870. The number of hydrogen-bond donors (Lipinski definition) is 0. The number of hydrogen-bond acceptors (Lipinski definition) is 3. The van der Waals surface area contributed by atoms with Gasteiger partial charge in [-0.25, -0.2) is 4.98 Å². The van der Waals surface area contributed by atoms with Crippen molar-refractivity contribution in [1.29, 1.82) is 0 Å². The molecule has 4 heteroatoms. The number of fused-ring (bicyclic) bond motifs is 3. The minimum absolute atomic E-state index is 0.853. The second-order valence-electron chi connectivity index (χ2n) is 6.59. The Hall–Kier alpha value is -3.11. The van der Waals surface area contributed by atoms with Crippen molar-refractivity contribution in [3.63, 3.8) is 0 Å². The number of benzene rings is 3. The maximum absolute atomic E-state index is 5.34. The van der Waals surface area contributed by atoms with E-state index < -0.39 is 0 Å². The standard InChI is InChI=1S/C23H18N2OS/c1-15-8-13-19-20(14-15)27-23-24-21(16-6-4-3-5-7-16)22(25(19)23)17-9-11-18(26-2)12-10-17/h3-14H,1-2H3. The van der Waals surface area contributed by atoms with E-state index >= 15 is 0 Å². The van der Waals surface area contributed by atoms with Gasteiger partial charge in [0.2, 0.25) is 0 Å². The molecule has 0 saturated heterocycles. The van der Waals surface area contributed by atoms with Crippen LogP contribution in [0.15, 0.2) is 72.8 Å². The molecule has 0 atom stereocenters. The second kappa shape index (κ2) is 6.25. The number of aromatic nitrogens is 2. The monoisotopic (exact) mass is 370 g/mol. The molecule has 3 nitrogen and oxygen atoms in total. The van der Waals surface area contributed by atoms with Gasteiger partial charge in [-0.15, -0.1) is 0 Å². The van der Waals surface area contributed by atoms with Gasteiger partial charge < -0.3 is 4.74 Å². The smallest absolute Gasteiger partial charge is 0.195 e. The summed E-state index contributed by atoms with van der Waals surface area (Å²) in [5, 5.41) is 0. The lowest BCUT2D eigenvalue weighted by Crippen LogP contribution is -1.90. The van der Waals surface area contributed by atoms with Crippen molar-refractivity contribution >= 4 is 26.5 Å². The van der Waals surface area contributed by atoms with Crippen molar-refractivity contribution in [3.05, 3.63) is 78.4 Å². The van der Waals surface area contributed by atoms with E-state index in [9.17, 15) is 0 Å². The summed E-state index contributed by atoms with van der Waals surface area (Å²) in [7, 11) is 1.69. The first-order valence-electron chi connectivity index (χ1n) is 8.86. The minimum Gasteiger partial charge on any atom is -0.497 e. The fourth-order valence-electron chi connectivity index (χ4n) is 3.49. The molecule has 5 aromatic rings. The lowest BCUT2D eigenvalue weighted by atomic mass is 10.0. The Labute approximate surface area is 161 Å². The molecule has 0 aliphatic heterocycles. The van der Waals surface area contributed by atoms with Gasteiger partial charge in [0.15, 0.2) is 4.96 Å². The van der Waals surface area contributed by atoms with Crippen LogP contribution in [-0.2, 0) is 0 Å². The summed E-state index contributed by atoms with van der Waals surface area (Å²) in [4.78, 5) is 6.03. The minimum atomic E-state index is 0.853. The van der Waals surface area contributed by atoms with Gasteiger partial charge in [0, 0.05) is 11.1 Å². The fourth-order valence-corrected chi connectivity index (χ4v) is 4.61. The van der Waals surface area contributed by atoms with Crippen molar-refractivity contribution in [3.8, 4) is 28.3 Å². The van der Waals surface area contributed by atoms with Crippen LogP contribution in [-0.4, -0.2) is 16.5 Å². The van der Waals surface area contributed by atoms with Gasteiger partial charge in [-0.05, 0) is 48.9 Å². The average molecular weight is 370 g/mol. The van der Waals surface area contributed by atoms with Crippen LogP contribution in [0, 0.1) is 6.92 Å². The highest BCUT2D eigenvalue weighted by molar-refractivity contribution is 7.23. The van der Waals surface area contributed by atoms with Crippen LogP contribution in [0.2, 0.25) is 0 Å². The maximum atomic E-state index is 5.34. The highest BCUT2D eigenvalue weighted by Crippen LogP contribution is 2.38. The van der Waals surface area contributed by atoms with Gasteiger partial charge in [0.05, 0.1) is 28.7 Å². The first-order valence-corrected chi connectivity index (χ1v) is 9.68. The predicted octanol–water partition coefficient (Wildman–Crippen LogP) is 6.20. The molecule has 3 aromatic carbocycles. The van der Waals surface area contributed by atoms with Crippen LogP contribution in [0.5, 0.6) is 5.75 Å². The summed E-state index contributed by atoms with van der Waals surface area (Å²) in [6.45, 7) is 2.13. The summed E-state index contributed by atoms with van der Waals surface area (Å²) in [6.07, 6.45) is 0. The van der Waals surface area contributed by atoms with E-state index in [1.54, 1.807) is 18.4 Å². The molecule has 132 valence electrons. The lowest BCUT2D eigenvalue weighted by molar-refractivity contribution is 0.415. The van der Waals surface area contributed by atoms with Gasteiger partial charge in [0.1, 0.15) is 5.75 Å². The molecule has 0 spiro atoms. The van der Waals surface area contributed by atoms with E-state index in [0.717, 1.165) is 33.2 Å². The van der Waals surface area contributed by atoms with Crippen molar-refractivity contribution in [1.82, 2.24) is 9.38 Å². The van der Waals surface area contributed by atoms with E-state index in [4.69, 9.17) is 9.72 Å². The normalized spacial score (nSPS) is 11.3. The first kappa shape index (κ1) is 16.1. The van der Waals surface area contributed by atoms with Crippen molar-refractivity contribution in [2.45, 2.75) is 6.92 Å². The maximum Gasteiger partial charge on any atom is 0.195 e. The Morgan fingerprint density at radius 3 is 2.41 bits per heavy atom. The van der Waals surface area contributed by atoms with Crippen LogP contribution < -0.4 is 4.74 Å². The zero-order valence-corrected chi connectivity index (χ0v) is 16.0. The molecule has 0 fully saturated rings. The Bertz CT molecular complexity index is 1250. The molecule has 0 bridgehead atoms. The van der Waals surface area contributed by atoms with Crippen molar-refractivity contribution in [2.75, 3.05) is 7.11 Å². The Morgan fingerprint density at radius 2 is 1.67 bits per heavy atom. The number of ether oxygens (including phenoxy) is 1.